The molecule has 0 saturated carbocycles. The van der Waals surface area contributed by atoms with Gasteiger partial charge in [-0.2, -0.15) is 5.26 Å². The lowest BCUT2D eigenvalue weighted by molar-refractivity contribution is -0.274. The minimum Gasteiger partial charge on any atom is -0.374 e. The smallest absolute Gasteiger partial charge is 0.115 e. The molecule has 1 aliphatic heterocycles. The summed E-state index contributed by atoms with van der Waals surface area (Å²) < 4.78 is 33.8. The van der Waals surface area contributed by atoms with Gasteiger partial charge in [0.2, 0.25) is 0 Å². The average Bonchev–Trinajstić information content (AvgIpc) is 3.20. The van der Waals surface area contributed by atoms with Crippen LogP contribution < -0.4 is 5.32 Å². The van der Waals surface area contributed by atoms with Gasteiger partial charge in [-0.3, -0.25) is 5.32 Å². The standard InChI is InChI=1S/C45H48N2O5/c1-34(39-25-15-6-16-26-39)47-40(28-46)27-41-43(49-30-36-19-9-3-10-20-36)45(51-32-38-23-13-5-14-24-38)44(50-31-37-21-11-4-12-22-37)42(52-41)33-48-29-35-17-7-2-8-18-35/h2-26,34,40-45,47H,27,29-33H2,1H3/t34-,40-,41+,42+,43+,44-,45+/m0/s1. The van der Waals surface area contributed by atoms with E-state index in [9.17, 15) is 5.26 Å². The predicted molar refractivity (Wildman–Crippen MR) is 202 cm³/mol. The fourth-order valence-electron chi connectivity index (χ4n) is 6.60. The molecule has 0 aliphatic carbocycles. The molecule has 1 saturated heterocycles. The first-order chi connectivity index (χ1) is 25.7. The van der Waals surface area contributed by atoms with Crippen molar-refractivity contribution in [2.75, 3.05) is 6.61 Å². The molecular formula is C45H48N2O5. The molecular weight excluding hydrogens is 649 g/mol. The van der Waals surface area contributed by atoms with Gasteiger partial charge in [0.05, 0.1) is 51.2 Å². The molecule has 6 rings (SSSR count). The number of nitrogens with zero attached hydrogens (tertiary/aromatic N) is 1. The lowest BCUT2D eigenvalue weighted by Gasteiger charge is -2.47. The van der Waals surface area contributed by atoms with Crippen LogP contribution in [0.4, 0.5) is 0 Å². The SMILES string of the molecule is C[C@H](N[C@H](C#N)C[C@H]1O[C@H](COCc2ccccc2)[C@H](OCc2ccccc2)[C@H](OCc2ccccc2)[C@@H]1OCc1ccccc1)c1ccccc1. The van der Waals surface area contributed by atoms with Crippen LogP contribution in [0.25, 0.3) is 0 Å². The topological polar surface area (TPSA) is 82.0 Å². The van der Waals surface area contributed by atoms with Crippen molar-refractivity contribution in [3.63, 3.8) is 0 Å². The quantitative estimate of drug-likeness (QED) is 0.0986. The maximum Gasteiger partial charge on any atom is 0.115 e. The van der Waals surface area contributed by atoms with E-state index >= 15 is 0 Å². The van der Waals surface area contributed by atoms with Gasteiger partial charge in [-0.15, -0.1) is 0 Å². The maximum atomic E-state index is 10.5. The summed E-state index contributed by atoms with van der Waals surface area (Å²) in [6.07, 6.45) is -2.26. The van der Waals surface area contributed by atoms with E-state index in [-0.39, 0.29) is 12.6 Å². The first-order valence-corrected chi connectivity index (χ1v) is 18.1. The first-order valence-electron chi connectivity index (χ1n) is 18.1. The lowest BCUT2D eigenvalue weighted by Crippen LogP contribution is -2.62. The molecule has 0 unspecified atom stereocenters. The van der Waals surface area contributed by atoms with Crippen molar-refractivity contribution in [3.8, 4) is 6.07 Å². The van der Waals surface area contributed by atoms with Crippen molar-refractivity contribution in [2.45, 2.75) is 82.4 Å². The fourth-order valence-corrected chi connectivity index (χ4v) is 6.60. The molecule has 268 valence electrons. The van der Waals surface area contributed by atoms with Gasteiger partial charge < -0.3 is 23.7 Å². The van der Waals surface area contributed by atoms with Gasteiger partial charge in [-0.05, 0) is 34.7 Å². The van der Waals surface area contributed by atoms with Crippen LogP contribution in [-0.2, 0) is 50.1 Å². The molecule has 7 nitrogen and oxygen atoms in total. The molecule has 1 N–H and O–H groups in total. The van der Waals surface area contributed by atoms with Crippen LogP contribution in [0.1, 0.15) is 47.2 Å². The van der Waals surface area contributed by atoms with Gasteiger partial charge in [0, 0.05) is 12.5 Å². The molecule has 1 heterocycles. The minimum absolute atomic E-state index is 0.0461. The molecule has 0 radical (unpaired) electrons. The number of hydrogen-bond acceptors (Lipinski definition) is 7. The molecule has 5 aromatic carbocycles. The Morgan fingerprint density at radius 1 is 0.558 bits per heavy atom. The van der Waals surface area contributed by atoms with E-state index in [2.05, 4.69) is 42.6 Å². The van der Waals surface area contributed by atoms with Crippen molar-refractivity contribution in [1.82, 2.24) is 5.32 Å². The Labute approximate surface area is 308 Å². The van der Waals surface area contributed by atoms with Crippen LogP contribution in [-0.4, -0.2) is 43.2 Å². The highest BCUT2D eigenvalue weighted by Crippen LogP contribution is 2.33. The molecule has 0 bridgehead atoms. The molecule has 52 heavy (non-hydrogen) atoms. The zero-order chi connectivity index (χ0) is 35.8. The third-order valence-electron chi connectivity index (χ3n) is 9.35. The van der Waals surface area contributed by atoms with E-state index in [1.54, 1.807) is 0 Å². The van der Waals surface area contributed by atoms with E-state index < -0.39 is 36.6 Å². The lowest BCUT2D eigenvalue weighted by atomic mass is 9.90. The monoisotopic (exact) mass is 696 g/mol. The third-order valence-corrected chi connectivity index (χ3v) is 9.35. The number of benzene rings is 5. The van der Waals surface area contributed by atoms with Crippen LogP contribution in [0, 0.1) is 11.3 Å². The molecule has 0 aromatic heterocycles. The van der Waals surface area contributed by atoms with Crippen molar-refractivity contribution < 1.29 is 23.7 Å². The second kappa shape index (κ2) is 19.8. The highest BCUT2D eigenvalue weighted by atomic mass is 16.6. The van der Waals surface area contributed by atoms with Gasteiger partial charge in [-0.1, -0.05) is 152 Å². The molecule has 1 aliphatic rings. The number of rotatable bonds is 18. The van der Waals surface area contributed by atoms with Crippen LogP contribution >= 0.6 is 0 Å². The minimum atomic E-state index is -0.556. The molecule has 0 spiro atoms. The molecule has 5 aromatic rings. The number of ether oxygens (including phenoxy) is 5. The molecule has 0 amide bonds. The van der Waals surface area contributed by atoms with Crippen LogP contribution in [0.5, 0.6) is 0 Å². The molecule has 1 fully saturated rings. The Bertz CT molecular complexity index is 1760. The van der Waals surface area contributed by atoms with E-state index in [0.717, 1.165) is 27.8 Å². The Morgan fingerprint density at radius 2 is 0.962 bits per heavy atom. The molecule has 7 atom stereocenters. The predicted octanol–water partition coefficient (Wildman–Crippen LogP) is 8.36. The van der Waals surface area contributed by atoms with Crippen molar-refractivity contribution >= 4 is 0 Å². The molecule has 7 heteroatoms. The zero-order valence-corrected chi connectivity index (χ0v) is 29.7. The summed E-state index contributed by atoms with van der Waals surface area (Å²) in [5.74, 6) is 0. The van der Waals surface area contributed by atoms with Crippen molar-refractivity contribution in [3.05, 3.63) is 179 Å². The average molecular weight is 697 g/mol. The summed E-state index contributed by atoms with van der Waals surface area (Å²) in [6, 6.07) is 52.5. The summed E-state index contributed by atoms with van der Waals surface area (Å²) in [5.41, 5.74) is 5.29. The van der Waals surface area contributed by atoms with Gasteiger partial charge >= 0.3 is 0 Å². The first kappa shape index (κ1) is 37.1. The second-order valence-electron chi connectivity index (χ2n) is 13.2. The summed E-state index contributed by atoms with van der Waals surface area (Å²) in [6.45, 7) is 3.84. The van der Waals surface area contributed by atoms with E-state index in [4.69, 9.17) is 23.7 Å². The van der Waals surface area contributed by atoms with Crippen LogP contribution in [0.3, 0.4) is 0 Å². The Morgan fingerprint density at radius 3 is 1.42 bits per heavy atom. The summed E-state index contributed by atoms with van der Waals surface area (Å²) in [5, 5.41) is 14.0. The third kappa shape index (κ3) is 10.9. The normalized spacial score (nSPS) is 21.2. The van der Waals surface area contributed by atoms with E-state index in [0.29, 0.717) is 32.8 Å². The van der Waals surface area contributed by atoms with Crippen molar-refractivity contribution in [1.29, 1.82) is 5.26 Å². The zero-order valence-electron chi connectivity index (χ0n) is 29.7. The summed E-state index contributed by atoms with van der Waals surface area (Å²) in [7, 11) is 0. The largest absolute Gasteiger partial charge is 0.374 e. The Kier molecular flexibility index (Phi) is 14.1. The van der Waals surface area contributed by atoms with Gasteiger partial charge in [0.1, 0.15) is 24.4 Å². The summed E-state index contributed by atoms with van der Waals surface area (Å²) >= 11 is 0. The van der Waals surface area contributed by atoms with Crippen molar-refractivity contribution in [2.24, 2.45) is 0 Å². The Balaban J connectivity index is 1.31. The van der Waals surface area contributed by atoms with Crippen LogP contribution in [0.15, 0.2) is 152 Å². The van der Waals surface area contributed by atoms with Gasteiger partial charge in [-0.25, -0.2) is 0 Å². The number of nitrogens with one attached hydrogen (secondary N) is 1. The summed E-state index contributed by atoms with van der Waals surface area (Å²) in [4.78, 5) is 0. The highest BCUT2D eigenvalue weighted by Gasteiger charge is 2.49. The van der Waals surface area contributed by atoms with E-state index in [1.165, 1.54) is 0 Å². The maximum absolute atomic E-state index is 10.5. The van der Waals surface area contributed by atoms with E-state index in [1.807, 2.05) is 127 Å². The number of nitriles is 1. The fraction of sp³-hybridized carbons (Fsp3) is 0.311. The van der Waals surface area contributed by atoms with Gasteiger partial charge in [0.15, 0.2) is 0 Å². The number of hydrogen-bond donors (Lipinski definition) is 1. The Hall–Kier alpha value is -4.65. The van der Waals surface area contributed by atoms with Crippen LogP contribution in [0.2, 0.25) is 0 Å². The highest BCUT2D eigenvalue weighted by molar-refractivity contribution is 5.20. The second-order valence-corrected chi connectivity index (χ2v) is 13.2. The van der Waals surface area contributed by atoms with Gasteiger partial charge in [0.25, 0.3) is 0 Å².